The number of nitrogens with two attached hydrogens (primary N) is 1. The van der Waals surface area contributed by atoms with Gasteiger partial charge in [-0.05, 0) is 82.6 Å². The Morgan fingerprint density at radius 1 is 1.14 bits per heavy atom. The van der Waals surface area contributed by atoms with Crippen molar-refractivity contribution in [3.8, 4) is 5.75 Å². The number of rotatable bonds is 8. The zero-order valence-corrected chi connectivity index (χ0v) is 21.0. The molecule has 1 aromatic heterocycles. The van der Waals surface area contributed by atoms with Crippen LogP contribution >= 0.6 is 0 Å². The summed E-state index contributed by atoms with van der Waals surface area (Å²) in [6.45, 7) is 4.13. The summed E-state index contributed by atoms with van der Waals surface area (Å²) < 4.78 is 5.74. The van der Waals surface area contributed by atoms with E-state index in [4.69, 9.17) is 15.5 Å². The highest BCUT2D eigenvalue weighted by atomic mass is 16.5. The van der Waals surface area contributed by atoms with Gasteiger partial charge in [0.05, 0.1) is 18.9 Å². The molecule has 2 fully saturated rings. The number of anilines is 3. The lowest BCUT2D eigenvalue weighted by atomic mass is 9.89. The summed E-state index contributed by atoms with van der Waals surface area (Å²) in [6, 6.07) is 6.25. The average molecular weight is 483 g/mol. The fourth-order valence-electron chi connectivity index (χ4n) is 5.09. The summed E-state index contributed by atoms with van der Waals surface area (Å²) in [5.74, 6) is 1.63. The topological polar surface area (TPSA) is 126 Å². The average Bonchev–Trinajstić information content (AvgIpc) is 2.86. The van der Waals surface area contributed by atoms with Crippen LogP contribution in [0.15, 0.2) is 18.2 Å². The van der Waals surface area contributed by atoms with E-state index in [9.17, 15) is 9.90 Å². The minimum absolute atomic E-state index is 0.116. The van der Waals surface area contributed by atoms with Crippen molar-refractivity contribution in [2.45, 2.75) is 69.9 Å². The van der Waals surface area contributed by atoms with Crippen molar-refractivity contribution in [3.05, 3.63) is 35.2 Å². The maximum absolute atomic E-state index is 12.2. The smallest absolute Gasteiger partial charge is 0.271 e. The molecule has 1 aliphatic carbocycles. The number of likely N-dealkylation sites (tertiary alicyclic amines) is 1. The Morgan fingerprint density at radius 2 is 1.86 bits per heavy atom. The fraction of sp³-hybridized carbons (Fsp3) is 0.577. The first-order valence-corrected chi connectivity index (χ1v) is 12.7. The number of hydrogen-bond acceptors (Lipinski definition) is 8. The van der Waals surface area contributed by atoms with Crippen molar-refractivity contribution in [2.75, 3.05) is 37.9 Å². The van der Waals surface area contributed by atoms with Gasteiger partial charge in [0.2, 0.25) is 0 Å². The SMILES string of the molecule is CCc1nc(C(N)=O)c(Nc2ccc(C3CCN(C)CC3)c(OC)c2)nc1NC1CCC(O)CC1. The standard InChI is InChI=1S/C26H38N6O3/c1-4-21-25(28-17-5-8-19(33)9-6-17)31-26(23(30-21)24(27)34)29-18-7-10-20(22(15-18)35-3)16-11-13-32(2)14-12-16/h7,10,15-17,19,33H,4-6,8-9,11-14H2,1-3H3,(H2,27,34)(H2,28,29,31). The first kappa shape index (κ1) is 25.2. The van der Waals surface area contributed by atoms with Gasteiger partial charge in [-0.3, -0.25) is 4.79 Å². The van der Waals surface area contributed by atoms with Gasteiger partial charge in [0.25, 0.3) is 5.91 Å². The number of nitrogens with one attached hydrogen (secondary N) is 2. The molecule has 0 spiro atoms. The molecule has 1 aromatic carbocycles. The zero-order valence-electron chi connectivity index (χ0n) is 21.0. The fourth-order valence-corrected chi connectivity index (χ4v) is 5.09. The molecule has 1 amide bonds. The molecule has 0 bridgehead atoms. The summed E-state index contributed by atoms with van der Waals surface area (Å²) in [5.41, 5.74) is 8.45. The van der Waals surface area contributed by atoms with Crippen molar-refractivity contribution in [1.82, 2.24) is 14.9 Å². The molecule has 1 saturated carbocycles. The predicted octanol–water partition coefficient (Wildman–Crippen LogP) is 3.41. The second-order valence-corrected chi connectivity index (χ2v) is 9.74. The number of piperidine rings is 1. The number of ether oxygens (including phenoxy) is 1. The molecule has 2 aliphatic rings. The highest BCUT2D eigenvalue weighted by Gasteiger charge is 2.24. The van der Waals surface area contributed by atoms with Crippen LogP contribution in [-0.2, 0) is 6.42 Å². The maximum atomic E-state index is 12.2. The number of hydrogen-bond donors (Lipinski definition) is 4. The van der Waals surface area contributed by atoms with Crippen LogP contribution in [-0.4, -0.2) is 65.3 Å². The van der Waals surface area contributed by atoms with Crippen LogP contribution in [0.4, 0.5) is 17.3 Å². The molecule has 2 aromatic rings. The molecular formula is C26H38N6O3. The van der Waals surface area contributed by atoms with Crippen LogP contribution in [0.2, 0.25) is 0 Å². The summed E-state index contributed by atoms with van der Waals surface area (Å²) in [4.78, 5) is 23.9. The molecule has 0 radical (unpaired) electrons. The number of methoxy groups -OCH3 is 1. The van der Waals surface area contributed by atoms with Crippen LogP contribution in [0.3, 0.4) is 0 Å². The normalized spacial score (nSPS) is 21.5. The monoisotopic (exact) mass is 482 g/mol. The van der Waals surface area contributed by atoms with Gasteiger partial charge in [0.15, 0.2) is 11.5 Å². The van der Waals surface area contributed by atoms with Crippen LogP contribution in [0.25, 0.3) is 0 Å². The van der Waals surface area contributed by atoms with Gasteiger partial charge < -0.3 is 31.1 Å². The summed E-state index contributed by atoms with van der Waals surface area (Å²) >= 11 is 0. The molecule has 9 nitrogen and oxygen atoms in total. The van der Waals surface area contributed by atoms with E-state index in [0.29, 0.717) is 29.7 Å². The van der Waals surface area contributed by atoms with E-state index in [2.05, 4.69) is 33.6 Å². The second kappa shape index (κ2) is 11.2. The lowest BCUT2D eigenvalue weighted by Crippen LogP contribution is -2.29. The molecule has 190 valence electrons. The van der Waals surface area contributed by atoms with Crippen LogP contribution in [0, 0.1) is 0 Å². The minimum atomic E-state index is -0.628. The van der Waals surface area contributed by atoms with E-state index in [-0.39, 0.29) is 17.8 Å². The third-order valence-corrected chi connectivity index (χ3v) is 7.23. The van der Waals surface area contributed by atoms with E-state index >= 15 is 0 Å². The predicted molar refractivity (Wildman–Crippen MR) is 138 cm³/mol. The summed E-state index contributed by atoms with van der Waals surface area (Å²) in [7, 11) is 3.84. The van der Waals surface area contributed by atoms with Gasteiger partial charge in [-0.25, -0.2) is 9.97 Å². The third-order valence-electron chi connectivity index (χ3n) is 7.23. The van der Waals surface area contributed by atoms with E-state index in [1.807, 2.05) is 19.1 Å². The van der Waals surface area contributed by atoms with Gasteiger partial charge in [-0.15, -0.1) is 0 Å². The number of aryl methyl sites for hydroxylation is 1. The first-order chi connectivity index (χ1) is 16.9. The molecule has 9 heteroatoms. The van der Waals surface area contributed by atoms with Crippen LogP contribution in [0.5, 0.6) is 5.75 Å². The van der Waals surface area contributed by atoms with Crippen molar-refractivity contribution in [1.29, 1.82) is 0 Å². The van der Waals surface area contributed by atoms with Crippen LogP contribution in [0.1, 0.15) is 73.1 Å². The second-order valence-electron chi connectivity index (χ2n) is 9.74. The number of amides is 1. The van der Waals surface area contributed by atoms with Crippen molar-refractivity contribution >= 4 is 23.2 Å². The largest absolute Gasteiger partial charge is 0.496 e. The van der Waals surface area contributed by atoms with Gasteiger partial charge in [-0.1, -0.05) is 13.0 Å². The Balaban J connectivity index is 1.60. The number of carbonyl (C=O) groups is 1. The number of aliphatic hydroxyl groups is 1. The van der Waals surface area contributed by atoms with E-state index < -0.39 is 5.91 Å². The van der Waals surface area contributed by atoms with Gasteiger partial charge >= 0.3 is 0 Å². The number of benzene rings is 1. The Morgan fingerprint density at radius 3 is 2.49 bits per heavy atom. The Labute approximate surface area is 207 Å². The summed E-state index contributed by atoms with van der Waals surface area (Å²) in [6.07, 6.45) is 5.84. The van der Waals surface area contributed by atoms with Gasteiger partial charge in [-0.2, -0.15) is 0 Å². The molecule has 5 N–H and O–H groups in total. The van der Waals surface area contributed by atoms with E-state index in [0.717, 1.165) is 63.1 Å². The number of primary amides is 1. The molecule has 35 heavy (non-hydrogen) atoms. The Hall–Kier alpha value is -2.91. The number of aliphatic hydroxyl groups excluding tert-OH is 1. The molecule has 1 aliphatic heterocycles. The molecule has 1 saturated heterocycles. The first-order valence-electron chi connectivity index (χ1n) is 12.7. The molecule has 2 heterocycles. The highest BCUT2D eigenvalue weighted by molar-refractivity contribution is 5.96. The van der Waals surface area contributed by atoms with Gasteiger partial charge in [0, 0.05) is 17.8 Å². The van der Waals surface area contributed by atoms with Gasteiger partial charge in [0.1, 0.15) is 11.6 Å². The maximum Gasteiger partial charge on any atom is 0.271 e. The molecule has 0 unspecified atom stereocenters. The quantitative estimate of drug-likeness (QED) is 0.451. The lowest BCUT2D eigenvalue weighted by molar-refractivity contribution is 0.0996. The van der Waals surface area contributed by atoms with Crippen molar-refractivity contribution in [2.24, 2.45) is 5.73 Å². The lowest BCUT2D eigenvalue weighted by Gasteiger charge is -2.30. The Bertz CT molecular complexity index is 1030. The van der Waals surface area contributed by atoms with E-state index in [1.165, 1.54) is 5.56 Å². The molecule has 0 atom stereocenters. The molecule has 4 rings (SSSR count). The number of nitrogens with zero attached hydrogens (tertiary/aromatic N) is 3. The van der Waals surface area contributed by atoms with Crippen LogP contribution < -0.4 is 21.1 Å². The van der Waals surface area contributed by atoms with E-state index in [1.54, 1.807) is 7.11 Å². The minimum Gasteiger partial charge on any atom is -0.496 e. The summed E-state index contributed by atoms with van der Waals surface area (Å²) in [5, 5.41) is 16.6. The Kier molecular flexibility index (Phi) is 8.07. The zero-order chi connectivity index (χ0) is 24.9. The van der Waals surface area contributed by atoms with Crippen molar-refractivity contribution in [3.63, 3.8) is 0 Å². The highest BCUT2D eigenvalue weighted by Crippen LogP contribution is 2.36. The van der Waals surface area contributed by atoms with Crippen molar-refractivity contribution < 1.29 is 14.6 Å². The third kappa shape index (κ3) is 6.02. The number of aromatic nitrogens is 2. The number of carbonyl (C=O) groups excluding carboxylic acids is 1. The molecular weight excluding hydrogens is 444 g/mol.